The molecule has 1 aliphatic carbocycles. The smallest absolute Gasteiger partial charge is 0.268 e. The summed E-state index contributed by atoms with van der Waals surface area (Å²) in [4.78, 5) is 16.7. The molecule has 0 amide bonds. The molecule has 0 saturated carbocycles. The van der Waals surface area contributed by atoms with Crippen molar-refractivity contribution in [3.05, 3.63) is 75.3 Å². The highest BCUT2D eigenvalue weighted by Crippen LogP contribution is 2.30. The van der Waals surface area contributed by atoms with Gasteiger partial charge in [0.15, 0.2) is 0 Å². The van der Waals surface area contributed by atoms with Crippen molar-refractivity contribution < 1.29 is 8.42 Å². The highest BCUT2D eigenvalue weighted by molar-refractivity contribution is 7.89. The third-order valence-electron chi connectivity index (χ3n) is 5.50. The van der Waals surface area contributed by atoms with Crippen LogP contribution < -0.4 is 10.3 Å². The van der Waals surface area contributed by atoms with Crippen LogP contribution in [0.25, 0.3) is 11.3 Å². The van der Waals surface area contributed by atoms with Gasteiger partial charge in [-0.1, -0.05) is 18.2 Å². The van der Waals surface area contributed by atoms with Crippen molar-refractivity contribution in [2.45, 2.75) is 44.0 Å². The highest BCUT2D eigenvalue weighted by atomic mass is 32.2. The minimum absolute atomic E-state index is 0.0634. The summed E-state index contributed by atoms with van der Waals surface area (Å²) in [6, 6.07) is 8.90. The number of hydrogen-bond donors (Lipinski definition) is 1. The van der Waals surface area contributed by atoms with Crippen LogP contribution in [0.2, 0.25) is 0 Å². The molecule has 0 saturated heterocycles. The van der Waals surface area contributed by atoms with Crippen molar-refractivity contribution in [1.82, 2.24) is 19.5 Å². The number of nitrogens with one attached hydrogen (secondary N) is 1. The van der Waals surface area contributed by atoms with E-state index in [0.29, 0.717) is 16.8 Å². The molecule has 30 heavy (non-hydrogen) atoms. The van der Waals surface area contributed by atoms with Crippen LogP contribution in [-0.4, -0.2) is 23.2 Å². The van der Waals surface area contributed by atoms with Crippen molar-refractivity contribution in [2.75, 3.05) is 0 Å². The highest BCUT2D eigenvalue weighted by Gasteiger charge is 2.23. The number of benzene rings is 1. The summed E-state index contributed by atoms with van der Waals surface area (Å²) in [6.07, 6.45) is 6.78. The maximum absolute atomic E-state index is 13.0. The molecule has 0 radical (unpaired) electrons. The van der Waals surface area contributed by atoms with Gasteiger partial charge in [-0.2, -0.15) is 5.10 Å². The fourth-order valence-corrected chi connectivity index (χ4v) is 5.17. The van der Waals surface area contributed by atoms with Crippen molar-refractivity contribution >= 4 is 10.0 Å². The molecule has 0 bridgehead atoms. The van der Waals surface area contributed by atoms with Gasteiger partial charge in [0, 0.05) is 37.1 Å². The minimum Gasteiger partial charge on any atom is -0.268 e. The van der Waals surface area contributed by atoms with Crippen molar-refractivity contribution in [2.24, 2.45) is 7.05 Å². The number of rotatable bonds is 5. The molecule has 156 valence electrons. The second-order valence-electron chi connectivity index (χ2n) is 7.61. The van der Waals surface area contributed by atoms with Gasteiger partial charge >= 0.3 is 0 Å². The number of aromatic nitrogens is 3. The molecule has 2 aromatic heterocycles. The fourth-order valence-electron chi connectivity index (χ4n) is 3.88. The molecule has 0 spiro atoms. The van der Waals surface area contributed by atoms with Crippen LogP contribution in [0.15, 0.2) is 52.4 Å². The molecule has 4 rings (SSSR count). The summed E-state index contributed by atoms with van der Waals surface area (Å²) in [5.74, 6) is 0. The average Bonchev–Trinajstić information content (AvgIpc) is 2.76. The maximum atomic E-state index is 13.0. The first kappa shape index (κ1) is 20.4. The lowest BCUT2D eigenvalue weighted by molar-refractivity contribution is 0.580. The lowest BCUT2D eigenvalue weighted by Crippen LogP contribution is -2.28. The van der Waals surface area contributed by atoms with Crippen molar-refractivity contribution in [3.8, 4) is 11.3 Å². The second-order valence-corrected chi connectivity index (χ2v) is 9.34. The summed E-state index contributed by atoms with van der Waals surface area (Å²) in [5.41, 5.74) is 4.51. The van der Waals surface area contributed by atoms with Gasteiger partial charge in [0.1, 0.15) is 0 Å². The Bertz CT molecular complexity index is 1250. The van der Waals surface area contributed by atoms with E-state index < -0.39 is 10.0 Å². The van der Waals surface area contributed by atoms with Gasteiger partial charge in [-0.05, 0) is 61.4 Å². The van der Waals surface area contributed by atoms with Crippen molar-refractivity contribution in [1.29, 1.82) is 0 Å². The van der Waals surface area contributed by atoms with Crippen LogP contribution in [0.3, 0.4) is 0 Å². The number of sulfonamides is 1. The van der Waals surface area contributed by atoms with E-state index in [1.807, 2.05) is 12.1 Å². The Labute approximate surface area is 175 Å². The molecule has 0 fully saturated rings. The summed E-state index contributed by atoms with van der Waals surface area (Å²) in [5, 5.41) is 4.48. The molecule has 7 nitrogen and oxygen atoms in total. The Morgan fingerprint density at radius 2 is 1.90 bits per heavy atom. The van der Waals surface area contributed by atoms with Gasteiger partial charge < -0.3 is 0 Å². The van der Waals surface area contributed by atoms with E-state index in [2.05, 4.69) is 14.8 Å². The molecular formula is C22H24N4O3S. The van der Waals surface area contributed by atoms with E-state index in [1.54, 1.807) is 44.6 Å². The third-order valence-corrected chi connectivity index (χ3v) is 7.04. The zero-order chi connectivity index (χ0) is 21.3. The van der Waals surface area contributed by atoms with Crippen LogP contribution in [0, 0.1) is 6.92 Å². The summed E-state index contributed by atoms with van der Waals surface area (Å²) in [7, 11) is -2.09. The SMILES string of the molecule is Cc1ccc(-c2nn(C)c(=O)c3c2CCCC3)cc1S(=O)(=O)NCc1cccnc1. The van der Waals surface area contributed by atoms with Gasteiger partial charge in [-0.25, -0.2) is 17.8 Å². The lowest BCUT2D eigenvalue weighted by Gasteiger charge is -2.20. The fraction of sp³-hybridized carbons (Fsp3) is 0.318. The summed E-state index contributed by atoms with van der Waals surface area (Å²) >= 11 is 0. The number of fused-ring (bicyclic) bond motifs is 1. The van der Waals surface area contributed by atoms with Gasteiger partial charge in [-0.3, -0.25) is 9.78 Å². The lowest BCUT2D eigenvalue weighted by atomic mass is 9.89. The molecule has 1 aromatic carbocycles. The Hall–Kier alpha value is -2.84. The monoisotopic (exact) mass is 424 g/mol. The van der Waals surface area contributed by atoms with E-state index in [0.717, 1.165) is 42.4 Å². The summed E-state index contributed by atoms with van der Waals surface area (Å²) in [6.45, 7) is 1.93. The average molecular weight is 425 g/mol. The Balaban J connectivity index is 1.74. The summed E-state index contributed by atoms with van der Waals surface area (Å²) < 4.78 is 30.0. The first-order valence-corrected chi connectivity index (χ1v) is 11.4. The maximum Gasteiger partial charge on any atom is 0.269 e. The first-order valence-electron chi connectivity index (χ1n) is 9.95. The molecule has 3 aromatic rings. The van der Waals surface area contributed by atoms with E-state index >= 15 is 0 Å². The largest absolute Gasteiger partial charge is 0.269 e. The minimum atomic E-state index is -3.73. The van der Waals surface area contributed by atoms with E-state index in [9.17, 15) is 13.2 Å². The molecule has 0 unspecified atom stereocenters. The van der Waals surface area contributed by atoms with Gasteiger partial charge in [0.05, 0.1) is 10.6 Å². The molecule has 1 N–H and O–H groups in total. The Kier molecular flexibility index (Phi) is 5.53. The molecule has 0 aliphatic heterocycles. The Morgan fingerprint density at radius 3 is 2.63 bits per heavy atom. The number of aryl methyl sites for hydroxylation is 2. The topological polar surface area (TPSA) is 94.0 Å². The number of hydrogen-bond acceptors (Lipinski definition) is 5. The second kappa shape index (κ2) is 8.12. The first-order chi connectivity index (χ1) is 14.4. The third kappa shape index (κ3) is 3.93. The van der Waals surface area contributed by atoms with Crippen LogP contribution in [0.5, 0.6) is 0 Å². The van der Waals surface area contributed by atoms with Crippen LogP contribution >= 0.6 is 0 Å². The molecular weight excluding hydrogens is 400 g/mol. The predicted molar refractivity (Wildman–Crippen MR) is 115 cm³/mol. The normalized spacial score (nSPS) is 13.8. The molecule has 0 atom stereocenters. The van der Waals surface area contributed by atoms with Crippen LogP contribution in [0.1, 0.15) is 35.1 Å². The van der Waals surface area contributed by atoms with Gasteiger partial charge in [0.25, 0.3) is 5.56 Å². The zero-order valence-corrected chi connectivity index (χ0v) is 17.9. The van der Waals surface area contributed by atoms with Crippen molar-refractivity contribution in [3.63, 3.8) is 0 Å². The Morgan fingerprint density at radius 1 is 1.13 bits per heavy atom. The molecule has 1 aliphatic rings. The predicted octanol–water partition coefficient (Wildman–Crippen LogP) is 2.51. The van der Waals surface area contributed by atoms with E-state index in [1.165, 1.54) is 4.68 Å². The number of nitrogens with zero attached hydrogens (tertiary/aromatic N) is 3. The van der Waals surface area contributed by atoms with Crippen LogP contribution in [-0.2, 0) is 36.5 Å². The van der Waals surface area contributed by atoms with E-state index in [4.69, 9.17) is 0 Å². The standard InChI is InChI=1S/C22H24N4O3S/c1-15-9-10-17(21-18-7-3-4-8-19(18)22(27)26(2)25-21)12-20(15)30(28,29)24-14-16-6-5-11-23-13-16/h5-6,9-13,24H,3-4,7-8,14H2,1-2H3. The van der Waals surface area contributed by atoms with Crippen LogP contribution in [0.4, 0.5) is 0 Å². The quantitative estimate of drug-likeness (QED) is 0.679. The zero-order valence-electron chi connectivity index (χ0n) is 17.1. The van der Waals surface area contributed by atoms with E-state index in [-0.39, 0.29) is 17.0 Å². The number of pyridine rings is 1. The van der Waals surface area contributed by atoms with Gasteiger partial charge in [-0.15, -0.1) is 0 Å². The molecule has 2 heterocycles. The molecule has 8 heteroatoms. The van der Waals surface area contributed by atoms with Gasteiger partial charge in [0.2, 0.25) is 10.0 Å².